The highest BCUT2D eigenvalue weighted by atomic mass is 16.5. The molecule has 2 fully saturated rings. The van der Waals surface area contributed by atoms with Crippen molar-refractivity contribution in [3.05, 3.63) is 17.5 Å². The summed E-state index contributed by atoms with van der Waals surface area (Å²) in [5.41, 5.74) is 6.28. The Morgan fingerprint density at radius 3 is 2.69 bits per heavy atom. The van der Waals surface area contributed by atoms with Crippen molar-refractivity contribution in [2.45, 2.75) is 71.4 Å². The second kappa shape index (κ2) is 6.85. The highest BCUT2D eigenvalue weighted by Crippen LogP contribution is 2.52. The molecular weight excluding hydrogens is 332 g/mol. The number of aromatic nitrogens is 2. The molecule has 2 bridgehead atoms. The summed E-state index contributed by atoms with van der Waals surface area (Å²) >= 11 is 0. The van der Waals surface area contributed by atoms with Crippen molar-refractivity contribution in [1.29, 1.82) is 0 Å². The molecule has 1 aromatic heterocycles. The quantitative estimate of drug-likeness (QED) is 0.810. The molecule has 1 amide bonds. The lowest BCUT2D eigenvalue weighted by Crippen LogP contribution is -2.45. The predicted octanol–water partition coefficient (Wildman–Crippen LogP) is 2.52. The van der Waals surface area contributed by atoms with Gasteiger partial charge in [-0.3, -0.25) is 9.59 Å². The molecule has 7 nitrogen and oxygen atoms in total. The van der Waals surface area contributed by atoms with Crippen molar-refractivity contribution in [1.82, 2.24) is 14.9 Å². The molecule has 0 spiro atoms. The number of anilines is 1. The van der Waals surface area contributed by atoms with Gasteiger partial charge in [0.25, 0.3) is 5.91 Å². The molecule has 0 aliphatic carbocycles. The van der Waals surface area contributed by atoms with Gasteiger partial charge >= 0.3 is 5.97 Å². The van der Waals surface area contributed by atoms with Crippen LogP contribution in [0.1, 0.15) is 75.5 Å². The Labute approximate surface area is 154 Å². The van der Waals surface area contributed by atoms with Gasteiger partial charge in [0.1, 0.15) is 5.69 Å². The zero-order valence-electron chi connectivity index (χ0n) is 16.0. The summed E-state index contributed by atoms with van der Waals surface area (Å²) in [6.07, 6.45) is 3.06. The molecule has 1 aromatic rings. The van der Waals surface area contributed by atoms with Gasteiger partial charge in [-0.1, -0.05) is 20.8 Å². The first-order valence-corrected chi connectivity index (χ1v) is 9.48. The number of hydrogen-bond donors (Lipinski definition) is 1. The Balaban J connectivity index is 1.93. The van der Waals surface area contributed by atoms with E-state index in [-0.39, 0.29) is 35.8 Å². The number of carbonyl (C=O) groups is 2. The molecule has 2 N–H and O–H groups in total. The molecule has 3 rings (SSSR count). The van der Waals surface area contributed by atoms with Crippen LogP contribution in [0, 0.1) is 5.41 Å². The van der Waals surface area contributed by atoms with Crippen LogP contribution in [-0.4, -0.2) is 45.4 Å². The van der Waals surface area contributed by atoms with E-state index in [9.17, 15) is 9.59 Å². The maximum atomic E-state index is 13.2. The van der Waals surface area contributed by atoms with Gasteiger partial charge in [0.2, 0.25) is 5.95 Å². The van der Waals surface area contributed by atoms with Gasteiger partial charge in [-0.2, -0.15) is 0 Å². The van der Waals surface area contributed by atoms with Gasteiger partial charge in [-0.05, 0) is 44.6 Å². The van der Waals surface area contributed by atoms with Crippen LogP contribution >= 0.6 is 0 Å². The summed E-state index contributed by atoms with van der Waals surface area (Å²) in [6.45, 7) is 8.16. The zero-order chi connectivity index (χ0) is 19.1. The molecule has 0 radical (unpaired) electrons. The van der Waals surface area contributed by atoms with Gasteiger partial charge in [-0.15, -0.1) is 0 Å². The lowest BCUT2D eigenvalue weighted by atomic mass is 9.72. The van der Waals surface area contributed by atoms with Crippen LogP contribution < -0.4 is 5.73 Å². The predicted molar refractivity (Wildman–Crippen MR) is 97.5 cm³/mol. The highest BCUT2D eigenvalue weighted by Gasteiger charge is 2.61. The maximum absolute atomic E-state index is 13.2. The molecule has 0 aromatic carbocycles. The van der Waals surface area contributed by atoms with Gasteiger partial charge in [0.05, 0.1) is 12.0 Å². The second-order valence-electron chi connectivity index (χ2n) is 7.58. The highest BCUT2D eigenvalue weighted by molar-refractivity contribution is 5.95. The van der Waals surface area contributed by atoms with E-state index in [0.29, 0.717) is 25.1 Å². The third-order valence-corrected chi connectivity index (χ3v) is 5.86. The van der Waals surface area contributed by atoms with Gasteiger partial charge in [0, 0.05) is 17.8 Å². The molecule has 142 valence electrons. The molecule has 2 saturated heterocycles. The Hall–Kier alpha value is -2.18. The first-order valence-electron chi connectivity index (χ1n) is 9.48. The topological polar surface area (TPSA) is 98.4 Å². The minimum Gasteiger partial charge on any atom is -0.466 e. The van der Waals surface area contributed by atoms with Crippen molar-refractivity contribution >= 4 is 17.8 Å². The minimum absolute atomic E-state index is 0.0514. The number of carbonyl (C=O) groups excluding carboxylic acids is 2. The SMILES string of the molecule is CCOC(=O)[C@@]1(CC)C[C@H]2CC[C@@H]1N2C(=O)c1cc(C(C)C)nc(N)n1. The number of nitrogens with zero attached hydrogens (tertiary/aromatic N) is 3. The van der Waals surface area contributed by atoms with E-state index in [1.807, 2.05) is 32.6 Å². The van der Waals surface area contributed by atoms with Crippen molar-refractivity contribution in [2.75, 3.05) is 12.3 Å². The van der Waals surface area contributed by atoms with Crippen LogP contribution in [0.15, 0.2) is 6.07 Å². The lowest BCUT2D eigenvalue weighted by molar-refractivity contribution is -0.157. The Kier molecular flexibility index (Phi) is 4.90. The Morgan fingerprint density at radius 1 is 1.35 bits per heavy atom. The van der Waals surface area contributed by atoms with E-state index in [1.165, 1.54) is 0 Å². The monoisotopic (exact) mass is 360 g/mol. The van der Waals surface area contributed by atoms with Crippen LogP contribution in [0.5, 0.6) is 0 Å². The Morgan fingerprint density at radius 2 is 2.08 bits per heavy atom. The first-order chi connectivity index (χ1) is 12.3. The normalized spacial score (nSPS) is 27.2. The van der Waals surface area contributed by atoms with E-state index in [4.69, 9.17) is 10.5 Å². The molecule has 7 heteroatoms. The van der Waals surface area contributed by atoms with Crippen molar-refractivity contribution in [2.24, 2.45) is 5.41 Å². The summed E-state index contributed by atoms with van der Waals surface area (Å²) < 4.78 is 5.35. The fourth-order valence-corrected chi connectivity index (χ4v) is 4.53. The molecule has 26 heavy (non-hydrogen) atoms. The second-order valence-corrected chi connectivity index (χ2v) is 7.58. The number of nitrogens with two attached hydrogens (primary N) is 1. The number of ether oxygens (including phenoxy) is 1. The van der Waals surface area contributed by atoms with Crippen LogP contribution in [-0.2, 0) is 9.53 Å². The molecule has 3 heterocycles. The van der Waals surface area contributed by atoms with Crippen molar-refractivity contribution in [3.63, 3.8) is 0 Å². The molecule has 0 saturated carbocycles. The third-order valence-electron chi connectivity index (χ3n) is 5.86. The number of rotatable bonds is 5. The van der Waals surface area contributed by atoms with Gasteiger partial charge < -0.3 is 15.4 Å². The molecule has 2 aliphatic rings. The maximum Gasteiger partial charge on any atom is 0.314 e. The largest absolute Gasteiger partial charge is 0.466 e. The fraction of sp³-hybridized carbons (Fsp3) is 0.684. The summed E-state index contributed by atoms with van der Waals surface area (Å²) in [5, 5.41) is 0. The van der Waals surface area contributed by atoms with Crippen LogP contribution in [0.3, 0.4) is 0 Å². The average Bonchev–Trinajstić information content (AvgIpc) is 3.16. The van der Waals surface area contributed by atoms with Crippen LogP contribution in [0.25, 0.3) is 0 Å². The van der Waals surface area contributed by atoms with E-state index in [0.717, 1.165) is 18.5 Å². The number of amides is 1. The average molecular weight is 360 g/mol. The van der Waals surface area contributed by atoms with Crippen LogP contribution in [0.2, 0.25) is 0 Å². The summed E-state index contributed by atoms with van der Waals surface area (Å²) in [4.78, 5) is 36.2. The number of fused-ring (bicyclic) bond motifs is 2. The standard InChI is InChI=1S/C19H28N4O3/c1-5-19(17(25)26-6-2)10-12-7-8-15(19)23(12)16(24)14-9-13(11(3)4)21-18(20)22-14/h9,11-12,15H,5-8,10H2,1-4H3,(H2,20,21,22)/t12-,15+,19+/m1/s1. The smallest absolute Gasteiger partial charge is 0.314 e. The molecule has 2 aliphatic heterocycles. The van der Waals surface area contributed by atoms with E-state index in [2.05, 4.69) is 9.97 Å². The molecule has 0 unspecified atom stereocenters. The number of nitrogen functional groups attached to an aromatic ring is 1. The van der Waals surface area contributed by atoms with E-state index in [1.54, 1.807) is 6.07 Å². The van der Waals surface area contributed by atoms with E-state index < -0.39 is 5.41 Å². The van der Waals surface area contributed by atoms with Gasteiger partial charge in [0.15, 0.2) is 0 Å². The summed E-state index contributed by atoms with van der Waals surface area (Å²) in [6, 6.07) is 1.64. The Bertz CT molecular complexity index is 721. The number of hydrogen-bond acceptors (Lipinski definition) is 6. The van der Waals surface area contributed by atoms with Crippen molar-refractivity contribution in [3.8, 4) is 0 Å². The minimum atomic E-state index is -0.603. The lowest BCUT2D eigenvalue weighted by Gasteiger charge is -2.34. The third kappa shape index (κ3) is 2.83. The summed E-state index contributed by atoms with van der Waals surface area (Å²) in [5.74, 6) is -0.0830. The molecular formula is C19H28N4O3. The number of esters is 1. The zero-order valence-corrected chi connectivity index (χ0v) is 16.0. The van der Waals surface area contributed by atoms with Crippen LogP contribution in [0.4, 0.5) is 5.95 Å². The van der Waals surface area contributed by atoms with Gasteiger partial charge in [-0.25, -0.2) is 9.97 Å². The first kappa shape index (κ1) is 18.6. The molecule has 3 atom stereocenters. The van der Waals surface area contributed by atoms with E-state index >= 15 is 0 Å². The summed E-state index contributed by atoms with van der Waals surface area (Å²) in [7, 11) is 0. The van der Waals surface area contributed by atoms with Crippen molar-refractivity contribution < 1.29 is 14.3 Å². The fourth-order valence-electron chi connectivity index (χ4n) is 4.53.